The number of nitrogens with one attached hydrogen (secondary N) is 1. The average molecular weight is 294 g/mol. The van der Waals surface area contributed by atoms with Gasteiger partial charge in [0, 0.05) is 31.7 Å². The highest BCUT2D eigenvalue weighted by Gasteiger charge is 2.32. The number of rotatable bonds is 5. The maximum atomic E-state index is 5.46. The first-order valence-electron chi connectivity index (χ1n) is 7.55. The third kappa shape index (κ3) is 3.72. The van der Waals surface area contributed by atoms with Crippen LogP contribution in [-0.2, 0) is 0 Å². The van der Waals surface area contributed by atoms with E-state index in [9.17, 15) is 0 Å². The number of piperazine rings is 1. The van der Waals surface area contributed by atoms with Gasteiger partial charge in [0.15, 0.2) is 0 Å². The fraction of sp³-hybridized carbons (Fsp3) is 0.786. The van der Waals surface area contributed by atoms with E-state index in [2.05, 4.69) is 51.0 Å². The Labute approximate surface area is 126 Å². The van der Waals surface area contributed by atoms with Gasteiger partial charge >= 0.3 is 6.01 Å². The van der Waals surface area contributed by atoms with Gasteiger partial charge in [-0.15, -0.1) is 0 Å². The van der Waals surface area contributed by atoms with Gasteiger partial charge in [-0.2, -0.15) is 15.0 Å². The minimum Gasteiger partial charge on any atom is -0.464 e. The van der Waals surface area contributed by atoms with E-state index in [1.54, 1.807) is 0 Å². The molecule has 0 aromatic carbocycles. The van der Waals surface area contributed by atoms with Crippen LogP contribution in [0.15, 0.2) is 0 Å². The van der Waals surface area contributed by atoms with Crippen molar-refractivity contribution < 1.29 is 4.74 Å². The summed E-state index contributed by atoms with van der Waals surface area (Å²) >= 11 is 0. The van der Waals surface area contributed by atoms with Crippen molar-refractivity contribution >= 4 is 11.9 Å². The van der Waals surface area contributed by atoms with Crippen molar-refractivity contribution in [1.29, 1.82) is 0 Å². The van der Waals surface area contributed by atoms with Crippen molar-refractivity contribution in [3.05, 3.63) is 0 Å². The average Bonchev–Trinajstić information content (AvgIpc) is 2.42. The van der Waals surface area contributed by atoms with Crippen LogP contribution in [0.2, 0.25) is 0 Å². The van der Waals surface area contributed by atoms with Gasteiger partial charge in [0.25, 0.3) is 0 Å². The van der Waals surface area contributed by atoms with E-state index in [-0.39, 0.29) is 5.54 Å². The molecule has 0 unspecified atom stereocenters. The molecule has 0 saturated carbocycles. The van der Waals surface area contributed by atoms with E-state index in [1.165, 1.54) is 0 Å². The van der Waals surface area contributed by atoms with Gasteiger partial charge in [-0.25, -0.2) is 0 Å². The molecule has 0 amide bonds. The molecule has 0 atom stereocenters. The predicted octanol–water partition coefficient (Wildman–Crippen LogP) is 1.23. The van der Waals surface area contributed by atoms with E-state index in [4.69, 9.17) is 4.74 Å². The number of hydrogen-bond donors (Lipinski definition) is 1. The van der Waals surface area contributed by atoms with Crippen molar-refractivity contribution in [3.63, 3.8) is 0 Å². The fourth-order valence-electron chi connectivity index (χ4n) is 2.33. The summed E-state index contributed by atoms with van der Waals surface area (Å²) in [6.07, 6.45) is 0. The van der Waals surface area contributed by atoms with Gasteiger partial charge in [0.2, 0.25) is 11.9 Å². The summed E-state index contributed by atoms with van der Waals surface area (Å²) in [7, 11) is 2.15. The van der Waals surface area contributed by atoms with Crippen LogP contribution in [0.5, 0.6) is 6.01 Å². The summed E-state index contributed by atoms with van der Waals surface area (Å²) in [5.74, 6) is 1.26. The third-order valence-corrected chi connectivity index (χ3v) is 3.81. The Morgan fingerprint density at radius 3 is 2.57 bits per heavy atom. The lowest BCUT2D eigenvalue weighted by Gasteiger charge is -2.45. The van der Waals surface area contributed by atoms with Crippen molar-refractivity contribution in [2.75, 3.05) is 50.1 Å². The lowest BCUT2D eigenvalue weighted by molar-refractivity contribution is 0.138. The minimum absolute atomic E-state index is 0.0923. The molecule has 0 spiro atoms. The Bertz CT molecular complexity index is 454. The van der Waals surface area contributed by atoms with E-state index in [0.29, 0.717) is 24.5 Å². The second kappa shape index (κ2) is 6.43. The molecule has 1 saturated heterocycles. The molecule has 2 rings (SSSR count). The van der Waals surface area contributed by atoms with Gasteiger partial charge < -0.3 is 15.0 Å². The van der Waals surface area contributed by atoms with Gasteiger partial charge in [-0.3, -0.25) is 4.90 Å². The molecule has 1 fully saturated rings. The van der Waals surface area contributed by atoms with E-state index >= 15 is 0 Å². The normalized spacial score (nSPS) is 18.6. The molecule has 21 heavy (non-hydrogen) atoms. The Balaban J connectivity index is 2.25. The van der Waals surface area contributed by atoms with Gasteiger partial charge in [0.1, 0.15) is 0 Å². The fourth-order valence-corrected chi connectivity index (χ4v) is 2.33. The zero-order valence-electron chi connectivity index (χ0n) is 13.7. The van der Waals surface area contributed by atoms with Crippen LogP contribution in [0.25, 0.3) is 0 Å². The Morgan fingerprint density at radius 1 is 1.19 bits per heavy atom. The number of hydrogen-bond acceptors (Lipinski definition) is 7. The van der Waals surface area contributed by atoms with Crippen molar-refractivity contribution in [3.8, 4) is 6.01 Å². The lowest BCUT2D eigenvalue weighted by atomic mass is 10.0. The molecule has 2 heterocycles. The van der Waals surface area contributed by atoms with Crippen LogP contribution in [0.4, 0.5) is 11.9 Å². The molecule has 7 heteroatoms. The molecule has 1 aromatic rings. The number of aromatic nitrogens is 3. The Hall–Kier alpha value is -1.63. The zero-order chi connectivity index (χ0) is 15.5. The molecule has 0 aliphatic carbocycles. The monoisotopic (exact) mass is 294 g/mol. The number of anilines is 2. The summed E-state index contributed by atoms with van der Waals surface area (Å²) in [6, 6.07) is 0.384. The molecule has 7 nitrogen and oxygen atoms in total. The largest absolute Gasteiger partial charge is 0.464 e. The minimum atomic E-state index is 0.0923. The molecule has 0 bridgehead atoms. The Morgan fingerprint density at radius 2 is 1.95 bits per heavy atom. The second-order valence-electron chi connectivity index (χ2n) is 5.86. The number of ether oxygens (including phenoxy) is 1. The molecule has 1 aromatic heterocycles. The molecular weight excluding hydrogens is 268 g/mol. The van der Waals surface area contributed by atoms with Gasteiger partial charge in [-0.1, -0.05) is 0 Å². The van der Waals surface area contributed by atoms with Crippen LogP contribution >= 0.6 is 0 Å². The van der Waals surface area contributed by atoms with Crippen LogP contribution in [0, 0.1) is 0 Å². The molecule has 118 valence electrons. The molecule has 1 aliphatic rings. The van der Waals surface area contributed by atoms with Crippen LogP contribution in [-0.4, -0.2) is 65.2 Å². The second-order valence-corrected chi connectivity index (χ2v) is 5.86. The molecular formula is C14H26N6O. The quantitative estimate of drug-likeness (QED) is 0.876. The van der Waals surface area contributed by atoms with Gasteiger partial charge in [0.05, 0.1) is 6.61 Å². The third-order valence-electron chi connectivity index (χ3n) is 3.81. The smallest absolute Gasteiger partial charge is 0.323 e. The first-order chi connectivity index (χ1) is 9.96. The van der Waals surface area contributed by atoms with Crippen LogP contribution in [0.3, 0.4) is 0 Å². The van der Waals surface area contributed by atoms with Crippen LogP contribution < -0.4 is 15.0 Å². The maximum absolute atomic E-state index is 5.46. The number of likely N-dealkylation sites (N-methyl/N-ethyl adjacent to an activating group) is 1. The highest BCUT2D eigenvalue weighted by Crippen LogP contribution is 2.23. The first-order valence-corrected chi connectivity index (χ1v) is 7.55. The van der Waals surface area contributed by atoms with Crippen molar-refractivity contribution in [1.82, 2.24) is 19.9 Å². The molecule has 1 N–H and O–H groups in total. The van der Waals surface area contributed by atoms with E-state index in [1.807, 2.05) is 13.8 Å². The summed E-state index contributed by atoms with van der Waals surface area (Å²) in [5, 5.41) is 3.14. The SMILES string of the molecule is CCNc1nc(OCC)nc(N2CCN(C)C(C)(C)C2)n1. The van der Waals surface area contributed by atoms with E-state index < -0.39 is 0 Å². The Kier molecular flexibility index (Phi) is 4.82. The highest BCUT2D eigenvalue weighted by atomic mass is 16.5. The van der Waals surface area contributed by atoms with Gasteiger partial charge in [-0.05, 0) is 34.7 Å². The molecule has 0 radical (unpaired) electrons. The number of nitrogens with zero attached hydrogens (tertiary/aromatic N) is 5. The zero-order valence-corrected chi connectivity index (χ0v) is 13.7. The van der Waals surface area contributed by atoms with Crippen LogP contribution in [0.1, 0.15) is 27.7 Å². The van der Waals surface area contributed by atoms with Crippen molar-refractivity contribution in [2.24, 2.45) is 0 Å². The van der Waals surface area contributed by atoms with E-state index in [0.717, 1.165) is 26.2 Å². The molecule has 1 aliphatic heterocycles. The standard InChI is InChI=1S/C14H26N6O/c1-6-15-11-16-12(18-13(17-11)21-7-2)20-9-8-19(5)14(3,4)10-20/h6-10H2,1-5H3,(H,15,16,17,18). The maximum Gasteiger partial charge on any atom is 0.323 e. The predicted molar refractivity (Wildman–Crippen MR) is 84.1 cm³/mol. The summed E-state index contributed by atoms with van der Waals surface area (Å²) in [6.45, 7) is 12.5. The lowest BCUT2D eigenvalue weighted by Crippen LogP contribution is -2.58. The summed E-state index contributed by atoms with van der Waals surface area (Å²) < 4.78 is 5.46. The topological polar surface area (TPSA) is 66.4 Å². The summed E-state index contributed by atoms with van der Waals surface area (Å²) in [5.41, 5.74) is 0.0923. The first kappa shape index (κ1) is 15.8. The van der Waals surface area contributed by atoms with Crippen molar-refractivity contribution in [2.45, 2.75) is 33.2 Å². The highest BCUT2D eigenvalue weighted by molar-refractivity contribution is 5.39. The summed E-state index contributed by atoms with van der Waals surface area (Å²) in [4.78, 5) is 17.8.